The number of hydrogen-bond donors (Lipinski definition) is 2. The number of hydrogen-bond acceptors (Lipinski definition) is 5. The lowest BCUT2D eigenvalue weighted by molar-refractivity contribution is -0.143. The second kappa shape index (κ2) is 12.0. The molecule has 0 spiro atoms. The van der Waals surface area contributed by atoms with Gasteiger partial charge in [-0.3, -0.25) is 0 Å². The van der Waals surface area contributed by atoms with Gasteiger partial charge in [0.2, 0.25) is 0 Å². The fourth-order valence-electron chi connectivity index (χ4n) is 5.32. The molecule has 0 bridgehead atoms. The zero-order valence-electron chi connectivity index (χ0n) is 21.2. The average molecular weight is 510 g/mol. The van der Waals surface area contributed by atoms with Gasteiger partial charge in [-0.25, -0.2) is 0 Å². The lowest BCUT2D eigenvalue weighted by atomic mass is 9.73. The van der Waals surface area contributed by atoms with E-state index in [1.54, 1.807) is 0 Å². The van der Waals surface area contributed by atoms with Gasteiger partial charge in [-0.15, -0.1) is 12.8 Å². The van der Waals surface area contributed by atoms with Crippen LogP contribution in [-0.4, -0.2) is 54.1 Å². The Labute approximate surface area is 220 Å². The van der Waals surface area contributed by atoms with Gasteiger partial charge >= 0.3 is 0 Å². The van der Waals surface area contributed by atoms with Gasteiger partial charge in [0, 0.05) is 35.5 Å². The van der Waals surface area contributed by atoms with Crippen molar-refractivity contribution in [3.05, 3.63) is 82.9 Å². The van der Waals surface area contributed by atoms with Crippen LogP contribution in [0.2, 0.25) is 0 Å². The van der Waals surface area contributed by atoms with Crippen LogP contribution < -0.4 is 9.47 Å². The van der Waals surface area contributed by atoms with Gasteiger partial charge in [0.25, 0.3) is 0 Å². The molecule has 1 heterocycles. The highest BCUT2D eigenvalue weighted by Crippen LogP contribution is 2.63. The van der Waals surface area contributed by atoms with Crippen LogP contribution in [0.25, 0.3) is 0 Å². The van der Waals surface area contributed by atoms with Crippen molar-refractivity contribution in [1.29, 1.82) is 0 Å². The number of rotatable bonds is 9. The first-order chi connectivity index (χ1) is 17.3. The second-order valence-electron chi connectivity index (χ2n) is 9.42. The van der Waals surface area contributed by atoms with Crippen LogP contribution in [0.5, 0.6) is 11.5 Å². The summed E-state index contributed by atoms with van der Waals surface area (Å²) in [5, 5.41) is 24.0. The van der Waals surface area contributed by atoms with Gasteiger partial charge in [-0.1, -0.05) is 54.1 Å². The van der Waals surface area contributed by atoms with Crippen molar-refractivity contribution in [2.24, 2.45) is 0 Å². The van der Waals surface area contributed by atoms with Gasteiger partial charge in [-0.05, 0) is 57.6 Å². The minimum atomic E-state index is -1.56. The van der Waals surface area contributed by atoms with Crippen LogP contribution in [-0.2, 0) is 5.60 Å². The number of terminal acetylenes is 1. The van der Waals surface area contributed by atoms with Crippen molar-refractivity contribution >= 4 is 11.6 Å². The van der Waals surface area contributed by atoms with Crippen LogP contribution in [0, 0.1) is 12.8 Å². The minimum Gasteiger partial charge on any atom is -0.493 e. The Morgan fingerprint density at radius 1 is 1.22 bits per heavy atom. The molecule has 36 heavy (non-hydrogen) atoms. The molecule has 1 fully saturated rings. The fourth-order valence-corrected chi connectivity index (χ4v) is 5.41. The van der Waals surface area contributed by atoms with Crippen molar-refractivity contribution in [3.8, 4) is 24.3 Å². The van der Waals surface area contributed by atoms with Gasteiger partial charge in [-0.2, -0.15) is 0 Å². The fraction of sp³-hybridized carbons (Fsp3) is 0.400. The van der Waals surface area contributed by atoms with E-state index in [4.69, 9.17) is 21.1 Å². The molecule has 4 rings (SSSR count). The molecule has 4 atom stereocenters. The van der Waals surface area contributed by atoms with E-state index in [9.17, 15) is 10.2 Å². The number of aliphatic hydroxyl groups excluding tert-OH is 1. The summed E-state index contributed by atoms with van der Waals surface area (Å²) < 4.78 is 12.6. The molecule has 2 aliphatic rings. The van der Waals surface area contributed by atoms with Crippen molar-refractivity contribution in [2.45, 2.75) is 49.4 Å². The normalized spacial score (nSPS) is 26.8. The van der Waals surface area contributed by atoms with Crippen molar-refractivity contribution < 1.29 is 19.7 Å². The lowest BCUT2D eigenvalue weighted by Gasteiger charge is -2.39. The highest BCUT2D eigenvalue weighted by Gasteiger charge is 2.71. The Morgan fingerprint density at radius 2 is 1.94 bits per heavy atom. The number of allylic oxidation sites excluding steroid dienone is 3. The minimum absolute atomic E-state index is 0.209. The molecule has 2 aromatic rings. The predicted octanol–water partition coefficient (Wildman–Crippen LogP) is 5.22. The molecule has 192 valence electrons. The van der Waals surface area contributed by atoms with E-state index in [0.717, 1.165) is 18.5 Å². The summed E-state index contributed by atoms with van der Waals surface area (Å²) >= 11 is 6.20. The van der Waals surface area contributed by atoms with Gasteiger partial charge in [0.05, 0.1) is 12.7 Å². The monoisotopic (exact) mass is 509 g/mol. The third-order valence-electron chi connectivity index (χ3n) is 7.00. The van der Waals surface area contributed by atoms with Crippen LogP contribution in [0.3, 0.4) is 0 Å². The third-order valence-corrected chi connectivity index (χ3v) is 7.34. The molecule has 2 aromatic carbocycles. The molecule has 1 unspecified atom stereocenters. The zero-order chi connectivity index (χ0) is 26.3. The highest BCUT2D eigenvalue weighted by molar-refractivity contribution is 6.31. The first-order valence-corrected chi connectivity index (χ1v) is 12.6. The van der Waals surface area contributed by atoms with Gasteiger partial charge < -0.3 is 24.6 Å². The number of fused-ring (bicyclic) bond motifs is 3. The SMILES string of the molecule is C#C.C/C=C(Cl)\C=C/CC12Oc3cc(OCCCN(C)C)ccc3[C@]1(O)[C@@H](O)C[C@H]2c1ccccc1. The summed E-state index contributed by atoms with van der Waals surface area (Å²) in [6.07, 6.45) is 14.3. The molecule has 0 radical (unpaired) electrons. The molecule has 1 saturated carbocycles. The highest BCUT2D eigenvalue weighted by atomic mass is 35.5. The molecule has 5 nitrogen and oxygen atoms in total. The summed E-state index contributed by atoms with van der Waals surface area (Å²) in [5.74, 6) is 1.03. The van der Waals surface area contributed by atoms with Gasteiger partial charge in [0.15, 0.2) is 11.2 Å². The number of halogens is 1. The van der Waals surface area contributed by atoms with Crippen LogP contribution in [0.4, 0.5) is 0 Å². The molecule has 0 amide bonds. The third kappa shape index (κ3) is 5.19. The molecular formula is C30H36ClNO4. The summed E-state index contributed by atoms with van der Waals surface area (Å²) in [5.41, 5.74) is -0.999. The van der Waals surface area contributed by atoms with E-state index in [0.29, 0.717) is 41.5 Å². The largest absolute Gasteiger partial charge is 0.493 e. The second-order valence-corrected chi connectivity index (χ2v) is 9.85. The Morgan fingerprint density at radius 3 is 2.61 bits per heavy atom. The standard InChI is InChI=1S/C28H34ClNO4.C2H2/c1-4-21(29)12-8-15-27-24(20-10-6-5-7-11-20)19-26(31)28(27,32)23-14-13-22(18-25(23)34-27)33-17-9-16-30(2)3;1-2/h4-8,10-14,18,24,26,31-32H,9,15-17,19H2,1-3H3;1-2H/b12-8-,21-4+;/t24-,26-,27?,28-;/m0./s1. The number of aliphatic hydroxyl groups is 2. The zero-order valence-corrected chi connectivity index (χ0v) is 22.0. The lowest BCUT2D eigenvalue weighted by Crippen LogP contribution is -2.54. The molecule has 0 aromatic heterocycles. The van der Waals surface area contributed by atoms with Crippen LogP contribution >= 0.6 is 11.6 Å². The number of benzene rings is 2. The quantitative estimate of drug-likeness (QED) is 0.275. The Balaban J connectivity index is 0.00000176. The first-order valence-electron chi connectivity index (χ1n) is 12.2. The maximum Gasteiger partial charge on any atom is 0.159 e. The summed E-state index contributed by atoms with van der Waals surface area (Å²) in [4.78, 5) is 2.12. The summed E-state index contributed by atoms with van der Waals surface area (Å²) in [6, 6.07) is 15.5. The predicted molar refractivity (Wildman–Crippen MR) is 145 cm³/mol. The number of ether oxygens (including phenoxy) is 2. The molecule has 2 N–H and O–H groups in total. The van der Waals surface area contributed by atoms with Crippen LogP contribution in [0.15, 0.2) is 71.8 Å². The topological polar surface area (TPSA) is 62.2 Å². The number of nitrogens with zero attached hydrogens (tertiary/aromatic N) is 1. The molecule has 1 aliphatic heterocycles. The van der Waals surface area contributed by atoms with E-state index in [1.807, 2.05) is 87.8 Å². The van der Waals surface area contributed by atoms with E-state index >= 15 is 0 Å². The molecular weight excluding hydrogens is 474 g/mol. The summed E-state index contributed by atoms with van der Waals surface area (Å²) in [7, 11) is 4.07. The van der Waals surface area contributed by atoms with Crippen molar-refractivity contribution in [3.63, 3.8) is 0 Å². The molecule has 1 aliphatic carbocycles. The Hall–Kier alpha value is -2.75. The average Bonchev–Trinajstić information content (AvgIpc) is 3.27. The summed E-state index contributed by atoms with van der Waals surface area (Å²) in [6.45, 7) is 3.40. The Kier molecular flexibility index (Phi) is 9.27. The van der Waals surface area contributed by atoms with E-state index in [1.165, 1.54) is 0 Å². The smallest absolute Gasteiger partial charge is 0.159 e. The maximum absolute atomic E-state index is 12.1. The first kappa shape index (κ1) is 27.8. The maximum atomic E-state index is 12.1. The molecule has 0 saturated heterocycles. The van der Waals surface area contributed by atoms with E-state index < -0.39 is 17.3 Å². The van der Waals surface area contributed by atoms with Gasteiger partial charge in [0.1, 0.15) is 11.5 Å². The molecule has 6 heteroatoms. The Bertz CT molecular complexity index is 1100. The van der Waals surface area contributed by atoms with E-state index in [2.05, 4.69) is 17.7 Å². The van der Waals surface area contributed by atoms with E-state index in [-0.39, 0.29) is 5.92 Å². The van der Waals surface area contributed by atoms with Crippen molar-refractivity contribution in [1.82, 2.24) is 4.90 Å². The van der Waals surface area contributed by atoms with Crippen LogP contribution in [0.1, 0.15) is 43.2 Å². The van der Waals surface area contributed by atoms with Crippen molar-refractivity contribution in [2.75, 3.05) is 27.2 Å².